The van der Waals surface area contributed by atoms with Crippen molar-refractivity contribution in [2.45, 2.75) is 38.3 Å². The van der Waals surface area contributed by atoms with Gasteiger partial charge in [0.05, 0.1) is 32.4 Å². The Bertz CT molecular complexity index is 817. The maximum absolute atomic E-state index is 11.6. The number of piperidine rings is 1. The van der Waals surface area contributed by atoms with Gasteiger partial charge in [-0.1, -0.05) is 23.7 Å². The number of nitrogens with zero attached hydrogens (tertiary/aromatic N) is 4. The molecule has 1 atom stereocenters. The number of methoxy groups -OCH3 is 1. The van der Waals surface area contributed by atoms with Crippen LogP contribution in [0.3, 0.4) is 0 Å². The maximum atomic E-state index is 11.6. The Labute approximate surface area is 177 Å². The first kappa shape index (κ1) is 21.0. The first-order chi connectivity index (χ1) is 14.7. The summed E-state index contributed by atoms with van der Waals surface area (Å²) in [4.78, 5) is 21.2. The first-order valence-electron chi connectivity index (χ1n) is 10.8. The Hall–Kier alpha value is -2.29. The Morgan fingerprint density at radius 3 is 2.73 bits per heavy atom. The molecule has 1 aromatic carbocycles. The standard InChI is InChI=1S/C22H30N4O4/c1-28-22(27)18-7-5-17(6-8-18)21-23-20(30-24-21)16-26-10-3-2-4-19(26)9-11-25-12-14-29-15-13-25/h5-8,19H,2-4,9-16H2,1H3. The minimum atomic E-state index is -0.358. The van der Waals surface area contributed by atoms with Crippen molar-refractivity contribution in [2.24, 2.45) is 0 Å². The number of morpholine rings is 1. The van der Waals surface area contributed by atoms with Crippen LogP contribution in [0, 0.1) is 0 Å². The second-order valence-corrected chi connectivity index (χ2v) is 7.94. The second-order valence-electron chi connectivity index (χ2n) is 7.94. The number of rotatable bonds is 7. The van der Waals surface area contributed by atoms with Crippen LogP contribution >= 0.6 is 0 Å². The van der Waals surface area contributed by atoms with Gasteiger partial charge in [0, 0.05) is 24.7 Å². The molecule has 2 aliphatic rings. The molecule has 3 heterocycles. The highest BCUT2D eigenvalue weighted by molar-refractivity contribution is 5.89. The molecule has 2 aliphatic heterocycles. The molecule has 0 bridgehead atoms. The molecule has 0 saturated carbocycles. The fraction of sp³-hybridized carbons (Fsp3) is 0.591. The number of esters is 1. The van der Waals surface area contributed by atoms with Crippen molar-refractivity contribution in [3.63, 3.8) is 0 Å². The lowest BCUT2D eigenvalue weighted by Crippen LogP contribution is -2.43. The van der Waals surface area contributed by atoms with Crippen LogP contribution in [0.1, 0.15) is 41.9 Å². The summed E-state index contributed by atoms with van der Waals surface area (Å²) in [7, 11) is 1.37. The van der Waals surface area contributed by atoms with E-state index in [2.05, 4.69) is 19.9 Å². The fourth-order valence-corrected chi connectivity index (χ4v) is 4.23. The Balaban J connectivity index is 1.35. The highest BCUT2D eigenvalue weighted by Gasteiger charge is 2.25. The molecule has 1 aromatic heterocycles. The maximum Gasteiger partial charge on any atom is 0.337 e. The first-order valence-corrected chi connectivity index (χ1v) is 10.8. The van der Waals surface area contributed by atoms with Gasteiger partial charge in [0.1, 0.15) is 0 Å². The van der Waals surface area contributed by atoms with Crippen LogP contribution in [0.5, 0.6) is 0 Å². The van der Waals surface area contributed by atoms with Gasteiger partial charge in [-0.3, -0.25) is 9.80 Å². The van der Waals surface area contributed by atoms with Crippen LogP contribution in [-0.4, -0.2) is 78.5 Å². The van der Waals surface area contributed by atoms with Gasteiger partial charge in [-0.2, -0.15) is 4.98 Å². The quantitative estimate of drug-likeness (QED) is 0.640. The number of carbonyl (C=O) groups is 1. The van der Waals surface area contributed by atoms with E-state index in [0.29, 0.717) is 29.9 Å². The molecule has 0 N–H and O–H groups in total. The number of benzene rings is 1. The van der Waals surface area contributed by atoms with Crippen molar-refractivity contribution in [3.05, 3.63) is 35.7 Å². The van der Waals surface area contributed by atoms with E-state index in [1.165, 1.54) is 26.4 Å². The highest BCUT2D eigenvalue weighted by atomic mass is 16.5. The van der Waals surface area contributed by atoms with Crippen molar-refractivity contribution in [1.29, 1.82) is 0 Å². The van der Waals surface area contributed by atoms with Crippen molar-refractivity contribution >= 4 is 5.97 Å². The van der Waals surface area contributed by atoms with Crippen LogP contribution < -0.4 is 0 Å². The van der Waals surface area contributed by atoms with Crippen LogP contribution in [-0.2, 0) is 16.0 Å². The molecule has 0 radical (unpaired) electrons. The molecule has 1 unspecified atom stereocenters. The van der Waals surface area contributed by atoms with Gasteiger partial charge in [-0.25, -0.2) is 4.79 Å². The van der Waals surface area contributed by atoms with E-state index in [4.69, 9.17) is 14.0 Å². The van der Waals surface area contributed by atoms with Crippen molar-refractivity contribution < 1.29 is 18.8 Å². The molecule has 0 aliphatic carbocycles. The number of ether oxygens (including phenoxy) is 2. The predicted octanol–water partition coefficient (Wildman–Crippen LogP) is 2.60. The molecule has 2 fully saturated rings. The summed E-state index contributed by atoms with van der Waals surface area (Å²) < 4.78 is 15.7. The van der Waals surface area contributed by atoms with Crippen molar-refractivity contribution in [3.8, 4) is 11.4 Å². The van der Waals surface area contributed by atoms with Crippen LogP contribution in [0.2, 0.25) is 0 Å². The molecule has 4 rings (SSSR count). The SMILES string of the molecule is COC(=O)c1ccc(-c2noc(CN3CCCCC3CCN3CCOCC3)n2)cc1. The summed E-state index contributed by atoms with van der Waals surface area (Å²) in [5.74, 6) is 0.826. The van der Waals surface area contributed by atoms with Gasteiger partial charge < -0.3 is 14.0 Å². The molecule has 162 valence electrons. The molecule has 8 nitrogen and oxygen atoms in total. The molecule has 8 heteroatoms. The third-order valence-electron chi connectivity index (χ3n) is 6.00. The van der Waals surface area contributed by atoms with Gasteiger partial charge in [0.2, 0.25) is 11.7 Å². The summed E-state index contributed by atoms with van der Waals surface area (Å²) in [5, 5.41) is 4.14. The average molecular weight is 415 g/mol. The van der Waals surface area contributed by atoms with E-state index >= 15 is 0 Å². The molecule has 2 aromatic rings. The molecule has 30 heavy (non-hydrogen) atoms. The van der Waals surface area contributed by atoms with Gasteiger partial charge in [0.25, 0.3) is 0 Å². The summed E-state index contributed by atoms with van der Waals surface area (Å²) in [5.41, 5.74) is 1.32. The van der Waals surface area contributed by atoms with E-state index in [-0.39, 0.29) is 5.97 Å². The van der Waals surface area contributed by atoms with Crippen LogP contribution in [0.25, 0.3) is 11.4 Å². The fourth-order valence-electron chi connectivity index (χ4n) is 4.23. The predicted molar refractivity (Wildman–Crippen MR) is 111 cm³/mol. The lowest BCUT2D eigenvalue weighted by Gasteiger charge is -2.36. The smallest absolute Gasteiger partial charge is 0.337 e. The lowest BCUT2D eigenvalue weighted by atomic mass is 9.99. The van der Waals surface area contributed by atoms with Crippen molar-refractivity contribution in [1.82, 2.24) is 19.9 Å². The molecule has 0 spiro atoms. The Morgan fingerprint density at radius 2 is 1.97 bits per heavy atom. The average Bonchev–Trinajstić information content (AvgIpc) is 3.27. The summed E-state index contributed by atoms with van der Waals surface area (Å²) in [6.07, 6.45) is 4.88. The van der Waals surface area contributed by atoms with Crippen LogP contribution in [0.15, 0.2) is 28.8 Å². The normalized spacial score (nSPS) is 20.9. The van der Waals surface area contributed by atoms with E-state index in [9.17, 15) is 4.79 Å². The number of carbonyl (C=O) groups excluding carboxylic acids is 1. The zero-order valence-electron chi connectivity index (χ0n) is 17.6. The van der Waals surface area contributed by atoms with Gasteiger partial charge in [-0.15, -0.1) is 0 Å². The topological polar surface area (TPSA) is 80.9 Å². The summed E-state index contributed by atoms with van der Waals surface area (Å²) >= 11 is 0. The van der Waals surface area contributed by atoms with E-state index in [1.807, 2.05) is 12.1 Å². The molecule has 2 saturated heterocycles. The molecular formula is C22H30N4O4. The molecular weight excluding hydrogens is 384 g/mol. The lowest BCUT2D eigenvalue weighted by molar-refractivity contribution is 0.0294. The monoisotopic (exact) mass is 414 g/mol. The van der Waals surface area contributed by atoms with Crippen molar-refractivity contribution in [2.75, 3.05) is 46.5 Å². The van der Waals surface area contributed by atoms with Gasteiger partial charge in [0.15, 0.2) is 0 Å². The van der Waals surface area contributed by atoms with Gasteiger partial charge in [-0.05, 0) is 44.5 Å². The Kier molecular flexibility index (Phi) is 7.09. The Morgan fingerprint density at radius 1 is 1.17 bits per heavy atom. The van der Waals surface area contributed by atoms with Crippen LogP contribution in [0.4, 0.5) is 0 Å². The van der Waals surface area contributed by atoms with E-state index in [0.717, 1.165) is 51.4 Å². The third kappa shape index (κ3) is 5.24. The zero-order valence-corrected chi connectivity index (χ0v) is 17.6. The number of likely N-dealkylation sites (tertiary alicyclic amines) is 1. The summed E-state index contributed by atoms with van der Waals surface area (Å²) in [6, 6.07) is 7.60. The largest absolute Gasteiger partial charge is 0.465 e. The van der Waals surface area contributed by atoms with Gasteiger partial charge >= 0.3 is 5.97 Å². The third-order valence-corrected chi connectivity index (χ3v) is 6.00. The molecule has 0 amide bonds. The number of aromatic nitrogens is 2. The zero-order chi connectivity index (χ0) is 20.8. The summed E-state index contributed by atoms with van der Waals surface area (Å²) in [6.45, 7) is 6.63. The number of hydrogen-bond acceptors (Lipinski definition) is 8. The van der Waals surface area contributed by atoms with E-state index in [1.54, 1.807) is 12.1 Å². The second kappa shape index (κ2) is 10.1. The van der Waals surface area contributed by atoms with E-state index < -0.39 is 0 Å². The number of hydrogen-bond donors (Lipinski definition) is 0. The minimum absolute atomic E-state index is 0.358. The minimum Gasteiger partial charge on any atom is -0.465 e. The highest BCUT2D eigenvalue weighted by Crippen LogP contribution is 2.23.